The first-order chi connectivity index (χ1) is 13.5. The van der Waals surface area contributed by atoms with E-state index < -0.39 is 0 Å². The van der Waals surface area contributed by atoms with Crippen LogP contribution in [-0.4, -0.2) is 36.9 Å². The zero-order valence-electron chi connectivity index (χ0n) is 16.2. The molecule has 1 aliphatic carbocycles. The number of rotatable bonds is 6. The van der Waals surface area contributed by atoms with Gasteiger partial charge in [0, 0.05) is 12.2 Å². The van der Waals surface area contributed by atoms with Crippen LogP contribution in [0.15, 0.2) is 47.8 Å². The number of nitrogens with zero attached hydrogens (tertiary/aromatic N) is 4. The van der Waals surface area contributed by atoms with Gasteiger partial charge < -0.3 is 5.32 Å². The standard InChI is InChI=1S/C21H23N5OS/c1-13-7-10-18(14(2)12-13)26-19(17-6-4-5-11-22-17)24-25-21(26)28-15(3)20(27)23-16-8-9-16/h4-7,10-12,15-16H,8-9H2,1-3H3,(H,23,27). The van der Waals surface area contributed by atoms with E-state index in [9.17, 15) is 4.79 Å². The fourth-order valence-electron chi connectivity index (χ4n) is 3.04. The summed E-state index contributed by atoms with van der Waals surface area (Å²) in [4.78, 5) is 16.9. The van der Waals surface area contributed by atoms with Crippen LogP contribution in [0.4, 0.5) is 0 Å². The SMILES string of the molecule is Cc1ccc(-n2c(SC(C)C(=O)NC3CC3)nnc2-c2ccccn2)c(C)c1. The van der Waals surface area contributed by atoms with Gasteiger partial charge in [-0.2, -0.15) is 0 Å². The van der Waals surface area contributed by atoms with Crippen LogP contribution >= 0.6 is 11.8 Å². The highest BCUT2D eigenvalue weighted by Crippen LogP contribution is 2.31. The zero-order valence-corrected chi connectivity index (χ0v) is 17.0. The van der Waals surface area contributed by atoms with Crippen LogP contribution in [0.25, 0.3) is 17.2 Å². The number of pyridine rings is 1. The Labute approximate surface area is 168 Å². The summed E-state index contributed by atoms with van der Waals surface area (Å²) in [6.07, 6.45) is 3.90. The van der Waals surface area contributed by atoms with E-state index in [0.29, 0.717) is 17.0 Å². The number of carbonyl (C=O) groups is 1. The molecule has 3 aromatic rings. The lowest BCUT2D eigenvalue weighted by Crippen LogP contribution is -2.32. The normalized spacial score (nSPS) is 14.7. The Bertz CT molecular complexity index is 997. The molecule has 144 valence electrons. The lowest BCUT2D eigenvalue weighted by Gasteiger charge is -2.15. The summed E-state index contributed by atoms with van der Waals surface area (Å²) < 4.78 is 2.00. The highest BCUT2D eigenvalue weighted by atomic mass is 32.2. The summed E-state index contributed by atoms with van der Waals surface area (Å²) in [7, 11) is 0. The van der Waals surface area contributed by atoms with E-state index >= 15 is 0 Å². The molecule has 1 amide bonds. The second-order valence-corrected chi connectivity index (χ2v) is 8.50. The van der Waals surface area contributed by atoms with E-state index in [4.69, 9.17) is 0 Å². The first kappa shape index (κ1) is 18.7. The minimum atomic E-state index is -0.258. The van der Waals surface area contributed by atoms with E-state index in [1.165, 1.54) is 17.3 Å². The smallest absolute Gasteiger partial charge is 0.233 e. The summed E-state index contributed by atoms with van der Waals surface area (Å²) in [6.45, 7) is 6.05. The van der Waals surface area contributed by atoms with Crippen molar-refractivity contribution in [3.05, 3.63) is 53.7 Å². The van der Waals surface area contributed by atoms with Gasteiger partial charge in [0.25, 0.3) is 0 Å². The van der Waals surface area contributed by atoms with Gasteiger partial charge in [-0.25, -0.2) is 0 Å². The number of hydrogen-bond acceptors (Lipinski definition) is 5. The van der Waals surface area contributed by atoms with Gasteiger partial charge in [-0.1, -0.05) is 35.5 Å². The largest absolute Gasteiger partial charge is 0.352 e. The van der Waals surface area contributed by atoms with E-state index in [-0.39, 0.29) is 11.2 Å². The van der Waals surface area contributed by atoms with Gasteiger partial charge in [-0.3, -0.25) is 14.3 Å². The highest BCUT2D eigenvalue weighted by molar-refractivity contribution is 8.00. The summed E-state index contributed by atoms with van der Waals surface area (Å²) in [5, 5.41) is 12.3. The Morgan fingerprint density at radius 2 is 2.04 bits per heavy atom. The van der Waals surface area contributed by atoms with Gasteiger partial charge in [-0.15, -0.1) is 10.2 Å². The minimum absolute atomic E-state index is 0.0436. The highest BCUT2D eigenvalue weighted by Gasteiger charge is 2.28. The number of nitrogens with one attached hydrogen (secondary N) is 1. The first-order valence-electron chi connectivity index (χ1n) is 9.44. The summed E-state index contributed by atoms with van der Waals surface area (Å²) in [6, 6.07) is 12.3. The maximum absolute atomic E-state index is 12.4. The van der Waals surface area contributed by atoms with Gasteiger partial charge >= 0.3 is 0 Å². The van der Waals surface area contributed by atoms with Crippen LogP contribution in [-0.2, 0) is 4.79 Å². The molecule has 0 saturated heterocycles. The molecule has 1 N–H and O–H groups in total. The molecular weight excluding hydrogens is 370 g/mol. The monoisotopic (exact) mass is 393 g/mol. The molecule has 0 radical (unpaired) electrons. The van der Waals surface area contributed by atoms with Crippen molar-refractivity contribution >= 4 is 17.7 Å². The molecule has 2 aromatic heterocycles. The van der Waals surface area contributed by atoms with Crippen LogP contribution in [0, 0.1) is 13.8 Å². The van der Waals surface area contributed by atoms with Crippen molar-refractivity contribution in [1.29, 1.82) is 0 Å². The number of amides is 1. The molecule has 7 heteroatoms. The Balaban J connectivity index is 1.73. The van der Waals surface area contributed by atoms with Crippen LogP contribution in [0.5, 0.6) is 0 Å². The van der Waals surface area contributed by atoms with Crippen molar-refractivity contribution in [2.45, 2.75) is 50.1 Å². The maximum Gasteiger partial charge on any atom is 0.233 e. The molecule has 6 nitrogen and oxygen atoms in total. The number of aromatic nitrogens is 4. The van der Waals surface area contributed by atoms with Gasteiger partial charge in [0.2, 0.25) is 5.91 Å². The van der Waals surface area contributed by atoms with Crippen LogP contribution in [0.2, 0.25) is 0 Å². The van der Waals surface area contributed by atoms with Crippen molar-refractivity contribution < 1.29 is 4.79 Å². The number of aryl methyl sites for hydroxylation is 2. The first-order valence-corrected chi connectivity index (χ1v) is 10.3. The minimum Gasteiger partial charge on any atom is -0.352 e. The van der Waals surface area contributed by atoms with Crippen molar-refractivity contribution in [2.24, 2.45) is 0 Å². The van der Waals surface area contributed by atoms with Crippen LogP contribution in [0.3, 0.4) is 0 Å². The second kappa shape index (κ2) is 7.75. The Morgan fingerprint density at radius 1 is 1.21 bits per heavy atom. The molecule has 4 rings (SSSR count). The van der Waals surface area contributed by atoms with Gasteiger partial charge in [0.15, 0.2) is 11.0 Å². The number of thioether (sulfide) groups is 1. The molecule has 1 aliphatic rings. The van der Waals surface area contributed by atoms with E-state index in [0.717, 1.165) is 29.8 Å². The quantitative estimate of drug-likeness (QED) is 0.647. The Morgan fingerprint density at radius 3 is 2.71 bits per heavy atom. The van der Waals surface area contributed by atoms with E-state index in [1.54, 1.807) is 6.20 Å². The van der Waals surface area contributed by atoms with Crippen molar-refractivity contribution in [3.8, 4) is 17.2 Å². The molecule has 0 aliphatic heterocycles. The van der Waals surface area contributed by atoms with E-state index in [2.05, 4.69) is 52.5 Å². The fourth-order valence-corrected chi connectivity index (χ4v) is 3.91. The van der Waals surface area contributed by atoms with Crippen molar-refractivity contribution in [2.75, 3.05) is 0 Å². The van der Waals surface area contributed by atoms with E-state index in [1.807, 2.05) is 29.7 Å². The average molecular weight is 394 g/mol. The van der Waals surface area contributed by atoms with Crippen molar-refractivity contribution in [3.63, 3.8) is 0 Å². The lowest BCUT2D eigenvalue weighted by molar-refractivity contribution is -0.120. The number of carbonyl (C=O) groups excluding carboxylic acids is 1. The van der Waals surface area contributed by atoms with Gasteiger partial charge in [-0.05, 0) is 57.4 Å². The predicted molar refractivity (Wildman–Crippen MR) is 111 cm³/mol. The molecular formula is C21H23N5OS. The number of hydrogen-bond donors (Lipinski definition) is 1. The molecule has 1 atom stereocenters. The average Bonchev–Trinajstić information content (AvgIpc) is 3.41. The zero-order chi connectivity index (χ0) is 19.7. The molecule has 1 unspecified atom stereocenters. The van der Waals surface area contributed by atoms with Crippen molar-refractivity contribution in [1.82, 2.24) is 25.1 Å². The Kier molecular flexibility index (Phi) is 5.17. The second-order valence-electron chi connectivity index (χ2n) is 7.19. The number of benzene rings is 1. The third-order valence-electron chi connectivity index (χ3n) is 4.70. The summed E-state index contributed by atoms with van der Waals surface area (Å²) in [5.41, 5.74) is 4.06. The third kappa shape index (κ3) is 3.94. The molecule has 0 spiro atoms. The molecule has 1 aromatic carbocycles. The fraction of sp³-hybridized carbons (Fsp3) is 0.333. The molecule has 1 saturated carbocycles. The third-order valence-corrected chi connectivity index (χ3v) is 5.74. The molecule has 1 fully saturated rings. The Hall–Kier alpha value is -2.67. The topological polar surface area (TPSA) is 72.7 Å². The van der Waals surface area contributed by atoms with Gasteiger partial charge in [0.1, 0.15) is 5.69 Å². The summed E-state index contributed by atoms with van der Waals surface area (Å²) in [5.74, 6) is 0.715. The molecule has 28 heavy (non-hydrogen) atoms. The predicted octanol–water partition coefficient (Wildman–Crippen LogP) is 3.71. The summed E-state index contributed by atoms with van der Waals surface area (Å²) >= 11 is 1.42. The lowest BCUT2D eigenvalue weighted by atomic mass is 10.1. The van der Waals surface area contributed by atoms with Crippen LogP contribution in [0.1, 0.15) is 30.9 Å². The van der Waals surface area contributed by atoms with Crippen LogP contribution < -0.4 is 5.32 Å². The van der Waals surface area contributed by atoms with Gasteiger partial charge in [0.05, 0.1) is 10.9 Å². The maximum atomic E-state index is 12.4. The molecule has 2 heterocycles. The molecule has 0 bridgehead atoms.